The van der Waals surface area contributed by atoms with E-state index in [-0.39, 0.29) is 5.75 Å². The third-order valence-electron chi connectivity index (χ3n) is 3.97. The van der Waals surface area contributed by atoms with Gasteiger partial charge in [0.25, 0.3) is 0 Å². The van der Waals surface area contributed by atoms with Crippen molar-refractivity contribution >= 4 is 17.3 Å². The number of hydrogen-bond acceptors (Lipinski definition) is 5. The number of rotatable bonds is 8. The van der Waals surface area contributed by atoms with Gasteiger partial charge in [-0.25, -0.2) is 0 Å². The van der Waals surface area contributed by atoms with Crippen LogP contribution in [-0.2, 0) is 13.0 Å². The Kier molecular flexibility index (Phi) is 7.59. The molecule has 0 spiro atoms. The minimum absolute atomic E-state index is 0.00339. The molecule has 0 saturated carbocycles. The smallest absolute Gasteiger partial charge is 0.200 e. The van der Waals surface area contributed by atoms with E-state index in [1.807, 2.05) is 0 Å². The summed E-state index contributed by atoms with van der Waals surface area (Å²) < 4.78 is 10.4. The molecular formula is C19H27N3O3S. The molecule has 2 aromatic rings. The Morgan fingerprint density at radius 2 is 1.92 bits per heavy atom. The molecule has 1 aromatic heterocycles. The lowest BCUT2D eigenvalue weighted by molar-refractivity contribution is 0.339. The second-order valence-electron chi connectivity index (χ2n) is 6.04. The minimum Gasteiger partial charge on any atom is -0.502 e. The number of phenolic OH excluding ortho intramolecular Hbond substituents is 1. The van der Waals surface area contributed by atoms with E-state index in [0.717, 1.165) is 24.5 Å². The van der Waals surface area contributed by atoms with Gasteiger partial charge in [0, 0.05) is 25.0 Å². The molecule has 0 aliphatic rings. The Balaban J connectivity index is 1.88. The van der Waals surface area contributed by atoms with Gasteiger partial charge in [0.1, 0.15) is 0 Å². The maximum absolute atomic E-state index is 9.98. The zero-order chi connectivity index (χ0) is 18.9. The maximum atomic E-state index is 9.98. The largest absolute Gasteiger partial charge is 0.502 e. The summed E-state index contributed by atoms with van der Waals surface area (Å²) in [6, 6.07) is 7.80. The molecule has 0 radical (unpaired) electrons. The molecule has 0 aliphatic heterocycles. The molecule has 0 fully saturated rings. The summed E-state index contributed by atoms with van der Waals surface area (Å²) in [5.41, 5.74) is 0.922. The van der Waals surface area contributed by atoms with Crippen molar-refractivity contribution in [3.05, 3.63) is 40.1 Å². The van der Waals surface area contributed by atoms with Crippen molar-refractivity contribution in [1.82, 2.24) is 10.6 Å². The first-order chi connectivity index (χ1) is 12.6. The minimum atomic E-state index is 0.00339. The SMILES string of the molecule is CN=C(NCc1cc(OC)c(O)c(OC)c1)NCC(C)Cc1cccs1. The van der Waals surface area contributed by atoms with Gasteiger partial charge in [-0.15, -0.1) is 11.3 Å². The predicted molar refractivity (Wildman–Crippen MR) is 107 cm³/mol. The van der Waals surface area contributed by atoms with Gasteiger partial charge >= 0.3 is 0 Å². The molecule has 1 atom stereocenters. The van der Waals surface area contributed by atoms with Crippen LogP contribution in [0.15, 0.2) is 34.6 Å². The van der Waals surface area contributed by atoms with Gasteiger partial charge < -0.3 is 25.2 Å². The zero-order valence-corrected chi connectivity index (χ0v) is 16.5. The van der Waals surface area contributed by atoms with E-state index in [9.17, 15) is 5.11 Å². The molecule has 2 rings (SSSR count). The van der Waals surface area contributed by atoms with E-state index in [1.165, 1.54) is 19.1 Å². The van der Waals surface area contributed by atoms with Gasteiger partial charge in [0.15, 0.2) is 17.5 Å². The highest BCUT2D eigenvalue weighted by molar-refractivity contribution is 7.09. The molecule has 0 saturated heterocycles. The summed E-state index contributed by atoms with van der Waals surface area (Å²) in [4.78, 5) is 5.65. The number of ether oxygens (including phenoxy) is 2. The monoisotopic (exact) mass is 377 g/mol. The lowest BCUT2D eigenvalue weighted by Crippen LogP contribution is -2.39. The van der Waals surface area contributed by atoms with E-state index >= 15 is 0 Å². The molecule has 142 valence electrons. The molecule has 1 unspecified atom stereocenters. The molecule has 0 aliphatic carbocycles. The van der Waals surface area contributed by atoms with Crippen LogP contribution in [0.5, 0.6) is 17.2 Å². The second kappa shape index (κ2) is 9.91. The number of aromatic hydroxyl groups is 1. The molecule has 1 aromatic carbocycles. The predicted octanol–water partition coefficient (Wildman–Crippen LogP) is 3.01. The van der Waals surface area contributed by atoms with Crippen LogP contribution in [0.25, 0.3) is 0 Å². The fourth-order valence-electron chi connectivity index (χ4n) is 2.57. The van der Waals surface area contributed by atoms with E-state index in [0.29, 0.717) is 24.0 Å². The van der Waals surface area contributed by atoms with Crippen LogP contribution in [0, 0.1) is 5.92 Å². The number of nitrogens with one attached hydrogen (secondary N) is 2. The Morgan fingerprint density at radius 3 is 2.46 bits per heavy atom. The number of guanidine groups is 1. The van der Waals surface area contributed by atoms with Crippen molar-refractivity contribution in [3.8, 4) is 17.2 Å². The number of phenols is 1. The summed E-state index contributed by atoms with van der Waals surface area (Å²) in [6.45, 7) is 3.58. The zero-order valence-electron chi connectivity index (χ0n) is 15.7. The number of hydrogen-bond donors (Lipinski definition) is 3. The van der Waals surface area contributed by atoms with Crippen LogP contribution < -0.4 is 20.1 Å². The van der Waals surface area contributed by atoms with Crippen LogP contribution in [0.2, 0.25) is 0 Å². The average Bonchev–Trinajstić information content (AvgIpc) is 3.15. The van der Waals surface area contributed by atoms with Gasteiger partial charge in [0.05, 0.1) is 14.2 Å². The highest BCUT2D eigenvalue weighted by Crippen LogP contribution is 2.36. The second-order valence-corrected chi connectivity index (χ2v) is 7.08. The highest BCUT2D eigenvalue weighted by Gasteiger charge is 2.12. The molecule has 6 nitrogen and oxygen atoms in total. The van der Waals surface area contributed by atoms with Crippen molar-refractivity contribution in [2.45, 2.75) is 19.9 Å². The van der Waals surface area contributed by atoms with E-state index in [2.05, 4.69) is 40.1 Å². The quantitative estimate of drug-likeness (QED) is 0.487. The summed E-state index contributed by atoms with van der Waals surface area (Å²) >= 11 is 1.79. The molecule has 1 heterocycles. The van der Waals surface area contributed by atoms with Gasteiger partial charge in [-0.05, 0) is 41.5 Å². The third kappa shape index (κ3) is 5.56. The fraction of sp³-hybridized carbons (Fsp3) is 0.421. The van der Waals surface area contributed by atoms with Crippen molar-refractivity contribution in [1.29, 1.82) is 0 Å². The summed E-state index contributed by atoms with van der Waals surface area (Å²) in [5, 5.41) is 18.7. The first-order valence-corrected chi connectivity index (χ1v) is 9.36. The summed E-state index contributed by atoms with van der Waals surface area (Å²) in [6.07, 6.45) is 1.05. The van der Waals surface area contributed by atoms with Gasteiger partial charge in [-0.2, -0.15) is 0 Å². The van der Waals surface area contributed by atoms with Crippen LogP contribution in [0.3, 0.4) is 0 Å². The molecule has 26 heavy (non-hydrogen) atoms. The molecule has 7 heteroatoms. The Labute approximate surface area is 158 Å². The summed E-state index contributed by atoms with van der Waals surface area (Å²) in [5.74, 6) is 2.00. The van der Waals surface area contributed by atoms with Gasteiger partial charge in [-0.3, -0.25) is 4.99 Å². The van der Waals surface area contributed by atoms with E-state index < -0.39 is 0 Å². The third-order valence-corrected chi connectivity index (χ3v) is 4.87. The fourth-order valence-corrected chi connectivity index (χ4v) is 3.44. The first kappa shape index (κ1) is 19.9. The Bertz CT molecular complexity index is 692. The normalized spacial score (nSPS) is 12.5. The molecule has 0 bridgehead atoms. The number of methoxy groups -OCH3 is 2. The van der Waals surface area contributed by atoms with Crippen LogP contribution in [0.1, 0.15) is 17.4 Å². The molecule has 3 N–H and O–H groups in total. The highest BCUT2D eigenvalue weighted by atomic mass is 32.1. The van der Waals surface area contributed by atoms with Crippen LogP contribution >= 0.6 is 11.3 Å². The number of benzene rings is 1. The van der Waals surface area contributed by atoms with Gasteiger partial charge in [0.2, 0.25) is 5.75 Å². The van der Waals surface area contributed by atoms with Gasteiger partial charge in [-0.1, -0.05) is 13.0 Å². The number of thiophene rings is 1. The maximum Gasteiger partial charge on any atom is 0.200 e. The van der Waals surface area contributed by atoms with Crippen molar-refractivity contribution in [2.75, 3.05) is 27.8 Å². The Hall–Kier alpha value is -2.41. The van der Waals surface area contributed by atoms with Crippen LogP contribution in [0.4, 0.5) is 0 Å². The van der Waals surface area contributed by atoms with E-state index in [1.54, 1.807) is 30.5 Å². The van der Waals surface area contributed by atoms with Crippen molar-refractivity contribution in [2.24, 2.45) is 10.9 Å². The Morgan fingerprint density at radius 1 is 1.23 bits per heavy atom. The molecular weight excluding hydrogens is 350 g/mol. The summed E-state index contributed by atoms with van der Waals surface area (Å²) in [7, 11) is 4.78. The van der Waals surface area contributed by atoms with Crippen LogP contribution in [-0.4, -0.2) is 38.9 Å². The van der Waals surface area contributed by atoms with Crippen molar-refractivity contribution < 1.29 is 14.6 Å². The lowest BCUT2D eigenvalue weighted by atomic mass is 10.1. The first-order valence-electron chi connectivity index (χ1n) is 8.48. The van der Waals surface area contributed by atoms with Crippen molar-refractivity contribution in [3.63, 3.8) is 0 Å². The standard InChI is InChI=1S/C19H27N3O3S/c1-13(8-15-6-5-7-26-15)11-21-19(20-2)22-12-14-9-16(24-3)18(23)17(10-14)25-4/h5-7,9-10,13,23H,8,11-12H2,1-4H3,(H2,20,21,22). The average molecular weight is 378 g/mol. The van der Waals surface area contributed by atoms with E-state index in [4.69, 9.17) is 9.47 Å². The number of aliphatic imine (C=N–C) groups is 1. The molecule has 0 amide bonds. The topological polar surface area (TPSA) is 75.1 Å². The number of nitrogens with zero attached hydrogens (tertiary/aromatic N) is 1. The lowest BCUT2D eigenvalue weighted by Gasteiger charge is -2.16.